The molecule has 33 heavy (non-hydrogen) atoms. The summed E-state index contributed by atoms with van der Waals surface area (Å²) in [5.74, 6) is 1.14. The Hall–Kier alpha value is -3.98. The number of pyridine rings is 1. The van der Waals surface area contributed by atoms with E-state index in [9.17, 15) is 9.59 Å². The van der Waals surface area contributed by atoms with Gasteiger partial charge in [0.1, 0.15) is 22.9 Å². The molecule has 1 aromatic heterocycles. The third kappa shape index (κ3) is 6.05. The Labute approximate surface area is 196 Å². The first-order valence-corrected chi connectivity index (χ1v) is 10.3. The molecule has 0 bridgehead atoms. The maximum Gasteiger partial charge on any atom is 0.337 e. The van der Waals surface area contributed by atoms with E-state index < -0.39 is 6.03 Å². The quantitative estimate of drug-likeness (QED) is 0.374. The van der Waals surface area contributed by atoms with Crippen LogP contribution in [0.15, 0.2) is 48.7 Å². The molecule has 0 unspecified atom stereocenters. The van der Waals surface area contributed by atoms with Crippen molar-refractivity contribution in [2.75, 3.05) is 24.9 Å². The van der Waals surface area contributed by atoms with Crippen molar-refractivity contribution in [3.05, 3.63) is 70.5 Å². The molecule has 3 rings (SSSR count). The Morgan fingerprint density at radius 1 is 0.970 bits per heavy atom. The van der Waals surface area contributed by atoms with Gasteiger partial charge in [-0.05, 0) is 49.2 Å². The van der Waals surface area contributed by atoms with Crippen molar-refractivity contribution in [3.63, 3.8) is 0 Å². The first-order chi connectivity index (χ1) is 15.8. The van der Waals surface area contributed by atoms with Crippen LogP contribution in [-0.2, 0) is 0 Å². The number of aromatic nitrogens is 1. The maximum absolute atomic E-state index is 12.4. The molecule has 0 spiro atoms. The monoisotopic (exact) mass is 469 g/mol. The third-order valence-electron chi connectivity index (χ3n) is 4.68. The number of anilines is 2. The molecule has 172 valence electrons. The molecule has 0 saturated carbocycles. The number of carbonyl (C=O) groups excluding carboxylic acids is 2. The number of carbonyl (C=O) groups is 2. The lowest BCUT2D eigenvalue weighted by molar-refractivity contribution is 0.0958. The number of halogens is 1. The van der Waals surface area contributed by atoms with Gasteiger partial charge in [0.2, 0.25) is 0 Å². The molecule has 4 N–H and O–H groups in total. The van der Waals surface area contributed by atoms with Gasteiger partial charge in [0.05, 0.1) is 18.5 Å². The van der Waals surface area contributed by atoms with Crippen LogP contribution in [0.25, 0.3) is 0 Å². The second kappa shape index (κ2) is 10.6. The Morgan fingerprint density at radius 3 is 2.45 bits per heavy atom. The lowest BCUT2D eigenvalue weighted by Crippen LogP contribution is -2.34. The number of amides is 3. The van der Waals surface area contributed by atoms with Crippen LogP contribution in [0, 0.1) is 13.8 Å². The molecule has 1 heterocycles. The number of hydrogen-bond donors (Lipinski definition) is 4. The number of rotatable bonds is 7. The van der Waals surface area contributed by atoms with Gasteiger partial charge in [-0.1, -0.05) is 17.7 Å². The van der Waals surface area contributed by atoms with E-state index in [-0.39, 0.29) is 11.6 Å². The van der Waals surface area contributed by atoms with Crippen LogP contribution in [-0.4, -0.2) is 31.1 Å². The minimum atomic E-state index is -0.511. The standard InChI is InChI=1S/C23H24ClN5O4/c1-13-5-6-15(33-16-7-8-26-20(11-16)22(30)25-3)10-18(13)28-29-23(31)27-19-12-17(24)14(2)9-21(19)32-4/h5-12,28H,1-4H3,(H,25,30)(H2,27,29,31). The lowest BCUT2D eigenvalue weighted by Gasteiger charge is -2.15. The molecule has 10 heteroatoms. The van der Waals surface area contributed by atoms with Crippen LogP contribution in [0.4, 0.5) is 16.2 Å². The Balaban J connectivity index is 1.68. The molecular weight excluding hydrogens is 446 g/mol. The molecule has 0 aliphatic heterocycles. The van der Waals surface area contributed by atoms with Gasteiger partial charge in [-0.15, -0.1) is 0 Å². The van der Waals surface area contributed by atoms with E-state index >= 15 is 0 Å². The van der Waals surface area contributed by atoms with Crippen molar-refractivity contribution < 1.29 is 19.1 Å². The minimum Gasteiger partial charge on any atom is -0.495 e. The fraction of sp³-hybridized carbons (Fsp3) is 0.174. The molecular formula is C23H24ClN5O4. The van der Waals surface area contributed by atoms with E-state index in [1.165, 1.54) is 26.4 Å². The number of nitrogens with one attached hydrogen (secondary N) is 4. The minimum absolute atomic E-state index is 0.241. The smallest absolute Gasteiger partial charge is 0.337 e. The summed E-state index contributed by atoms with van der Waals surface area (Å²) in [7, 11) is 3.04. The number of methoxy groups -OCH3 is 1. The van der Waals surface area contributed by atoms with Gasteiger partial charge < -0.3 is 20.1 Å². The van der Waals surface area contributed by atoms with Gasteiger partial charge in [0.25, 0.3) is 5.91 Å². The molecule has 0 radical (unpaired) electrons. The fourth-order valence-corrected chi connectivity index (χ4v) is 3.03. The van der Waals surface area contributed by atoms with E-state index in [4.69, 9.17) is 21.1 Å². The highest BCUT2D eigenvalue weighted by atomic mass is 35.5. The zero-order chi connectivity index (χ0) is 24.0. The molecule has 3 aromatic rings. The molecule has 0 fully saturated rings. The molecule has 0 atom stereocenters. The zero-order valence-corrected chi connectivity index (χ0v) is 19.3. The summed E-state index contributed by atoms with van der Waals surface area (Å²) in [6.45, 7) is 3.73. The second-order valence-corrected chi connectivity index (χ2v) is 7.45. The van der Waals surface area contributed by atoms with Crippen molar-refractivity contribution in [2.24, 2.45) is 0 Å². The van der Waals surface area contributed by atoms with E-state index in [1.807, 2.05) is 19.9 Å². The largest absolute Gasteiger partial charge is 0.495 e. The number of benzene rings is 2. The summed E-state index contributed by atoms with van der Waals surface area (Å²) in [6.07, 6.45) is 1.49. The summed E-state index contributed by atoms with van der Waals surface area (Å²) in [6, 6.07) is 11.4. The average molecular weight is 470 g/mol. The van der Waals surface area contributed by atoms with Gasteiger partial charge in [-0.25, -0.2) is 4.79 Å². The number of hydrogen-bond acceptors (Lipinski definition) is 6. The van der Waals surface area contributed by atoms with E-state index in [2.05, 4.69) is 26.5 Å². The van der Waals surface area contributed by atoms with Gasteiger partial charge in [0, 0.05) is 30.4 Å². The summed E-state index contributed by atoms with van der Waals surface area (Å²) in [5, 5.41) is 5.73. The normalized spacial score (nSPS) is 10.2. The summed E-state index contributed by atoms with van der Waals surface area (Å²) >= 11 is 6.16. The predicted octanol–water partition coefficient (Wildman–Crippen LogP) is 4.66. The van der Waals surface area contributed by atoms with Crippen molar-refractivity contribution in [3.8, 4) is 17.2 Å². The third-order valence-corrected chi connectivity index (χ3v) is 5.08. The van der Waals surface area contributed by atoms with Gasteiger partial charge in [-0.3, -0.25) is 20.6 Å². The molecule has 3 amide bonds. The number of nitrogens with zero attached hydrogens (tertiary/aromatic N) is 1. The lowest BCUT2D eigenvalue weighted by atomic mass is 10.2. The highest BCUT2D eigenvalue weighted by molar-refractivity contribution is 6.31. The van der Waals surface area contributed by atoms with Gasteiger partial charge in [0.15, 0.2) is 0 Å². The zero-order valence-electron chi connectivity index (χ0n) is 18.6. The van der Waals surface area contributed by atoms with Crippen molar-refractivity contribution in [1.29, 1.82) is 0 Å². The summed E-state index contributed by atoms with van der Waals surface area (Å²) in [5.41, 5.74) is 8.46. The van der Waals surface area contributed by atoms with Gasteiger partial charge >= 0.3 is 6.03 Å². The molecule has 0 aliphatic rings. The van der Waals surface area contributed by atoms with E-state index in [1.54, 1.807) is 30.3 Å². The molecule has 2 aromatic carbocycles. The summed E-state index contributed by atoms with van der Waals surface area (Å²) in [4.78, 5) is 28.2. The molecule has 0 aliphatic carbocycles. The van der Waals surface area contributed by atoms with Crippen molar-refractivity contribution in [2.45, 2.75) is 13.8 Å². The SMILES string of the molecule is CNC(=O)c1cc(Oc2ccc(C)c(NNC(=O)Nc3cc(Cl)c(C)cc3OC)c2)ccn1. The van der Waals surface area contributed by atoms with Crippen LogP contribution in [0.5, 0.6) is 17.2 Å². The first kappa shape index (κ1) is 23.7. The van der Waals surface area contributed by atoms with Crippen LogP contribution < -0.4 is 31.0 Å². The molecule has 9 nitrogen and oxygen atoms in total. The number of ether oxygens (including phenoxy) is 2. The highest BCUT2D eigenvalue weighted by Crippen LogP contribution is 2.31. The van der Waals surface area contributed by atoms with E-state index in [0.29, 0.717) is 33.6 Å². The average Bonchev–Trinajstić information content (AvgIpc) is 2.81. The van der Waals surface area contributed by atoms with Gasteiger partial charge in [-0.2, -0.15) is 0 Å². The number of hydrazine groups is 1. The van der Waals surface area contributed by atoms with Crippen LogP contribution >= 0.6 is 11.6 Å². The van der Waals surface area contributed by atoms with Crippen LogP contribution in [0.1, 0.15) is 21.6 Å². The van der Waals surface area contributed by atoms with Crippen LogP contribution in [0.3, 0.4) is 0 Å². The first-order valence-electron chi connectivity index (χ1n) is 9.94. The predicted molar refractivity (Wildman–Crippen MR) is 127 cm³/mol. The number of urea groups is 1. The van der Waals surface area contributed by atoms with Crippen LogP contribution in [0.2, 0.25) is 5.02 Å². The van der Waals surface area contributed by atoms with Crippen molar-refractivity contribution in [1.82, 2.24) is 15.7 Å². The second-order valence-electron chi connectivity index (χ2n) is 7.04. The fourth-order valence-electron chi connectivity index (χ4n) is 2.86. The number of aryl methyl sites for hydroxylation is 2. The maximum atomic E-state index is 12.4. The van der Waals surface area contributed by atoms with E-state index in [0.717, 1.165) is 11.1 Å². The Morgan fingerprint density at radius 2 is 1.73 bits per heavy atom. The van der Waals surface area contributed by atoms with Crippen molar-refractivity contribution >= 4 is 34.9 Å². The Kier molecular flexibility index (Phi) is 7.57. The summed E-state index contributed by atoms with van der Waals surface area (Å²) < 4.78 is 11.1. The topological polar surface area (TPSA) is 114 Å². The molecule has 0 saturated heterocycles. The Bertz CT molecular complexity index is 1190. The highest BCUT2D eigenvalue weighted by Gasteiger charge is 2.11.